The Hall–Kier alpha value is -0.820. The lowest BCUT2D eigenvalue weighted by molar-refractivity contribution is 0.205. The second kappa shape index (κ2) is 6.30. The fourth-order valence-corrected chi connectivity index (χ4v) is 4.17. The van der Waals surface area contributed by atoms with Crippen LogP contribution in [-0.4, -0.2) is 9.78 Å². The van der Waals surface area contributed by atoms with Gasteiger partial charge in [-0.25, -0.2) is 0 Å². The van der Waals surface area contributed by atoms with Crippen molar-refractivity contribution in [2.24, 2.45) is 11.3 Å². The Balaban J connectivity index is 2.32. The van der Waals surface area contributed by atoms with Crippen molar-refractivity contribution in [2.45, 2.75) is 65.8 Å². The first-order valence-electron chi connectivity index (χ1n) is 7.70. The van der Waals surface area contributed by atoms with Gasteiger partial charge in [-0.1, -0.05) is 26.7 Å². The van der Waals surface area contributed by atoms with Gasteiger partial charge in [0.2, 0.25) is 0 Å². The quantitative estimate of drug-likeness (QED) is 0.812. The molecule has 1 aromatic rings. The molecule has 1 aliphatic rings. The number of aryl methyl sites for hydroxylation is 2. The first-order chi connectivity index (χ1) is 9.55. The minimum Gasteiger partial charge on any atom is -0.268 e. The molecule has 1 aliphatic carbocycles. The Morgan fingerprint density at radius 2 is 2.25 bits per heavy atom. The molecule has 1 heterocycles. The lowest BCUT2D eigenvalue weighted by Crippen LogP contribution is -2.29. The maximum Gasteiger partial charge on any atom is 0.0766 e. The fourth-order valence-electron chi connectivity index (χ4n) is 3.47. The third kappa shape index (κ3) is 2.93. The fraction of sp³-hybridized carbons (Fsp3) is 0.750. The summed E-state index contributed by atoms with van der Waals surface area (Å²) in [5, 5.41) is 14.4. The molecule has 0 amide bonds. The van der Waals surface area contributed by atoms with Crippen LogP contribution in [0.4, 0.5) is 0 Å². The SMILES string of the molecule is CCc1nn(CC)c(CC2(C#N)CCCC(C)C2)c1Br. The normalized spacial score (nSPS) is 26.4. The third-order valence-corrected chi connectivity index (χ3v) is 5.44. The van der Waals surface area contributed by atoms with Gasteiger partial charge in [-0.05, 0) is 48.0 Å². The number of aromatic nitrogens is 2. The molecule has 0 bridgehead atoms. The van der Waals surface area contributed by atoms with E-state index in [9.17, 15) is 5.26 Å². The van der Waals surface area contributed by atoms with Crippen LogP contribution >= 0.6 is 15.9 Å². The van der Waals surface area contributed by atoms with Gasteiger partial charge in [-0.3, -0.25) is 4.68 Å². The molecule has 20 heavy (non-hydrogen) atoms. The Bertz CT molecular complexity index is 515. The van der Waals surface area contributed by atoms with Gasteiger partial charge in [0.05, 0.1) is 27.3 Å². The standard InChI is InChI=1S/C16H24BrN3/c1-4-13-15(17)14(20(5-2)19-13)10-16(11-18)8-6-7-12(3)9-16/h12H,4-10H2,1-3H3. The first-order valence-corrected chi connectivity index (χ1v) is 8.49. The van der Waals surface area contributed by atoms with E-state index in [4.69, 9.17) is 0 Å². The minimum absolute atomic E-state index is 0.196. The van der Waals surface area contributed by atoms with E-state index in [0.717, 1.165) is 42.4 Å². The maximum atomic E-state index is 9.74. The Morgan fingerprint density at radius 1 is 1.50 bits per heavy atom. The minimum atomic E-state index is -0.196. The van der Waals surface area contributed by atoms with Crippen LogP contribution in [-0.2, 0) is 19.4 Å². The second-order valence-electron chi connectivity index (χ2n) is 6.15. The average molecular weight is 338 g/mol. The Morgan fingerprint density at radius 3 is 2.80 bits per heavy atom. The van der Waals surface area contributed by atoms with Crippen LogP contribution in [0.5, 0.6) is 0 Å². The molecule has 1 aromatic heterocycles. The van der Waals surface area contributed by atoms with Crippen molar-refractivity contribution in [3.63, 3.8) is 0 Å². The summed E-state index contributed by atoms with van der Waals surface area (Å²) in [7, 11) is 0. The highest BCUT2D eigenvalue weighted by atomic mass is 79.9. The summed E-state index contributed by atoms with van der Waals surface area (Å²) in [6, 6.07) is 2.64. The van der Waals surface area contributed by atoms with Crippen LogP contribution in [0.2, 0.25) is 0 Å². The van der Waals surface area contributed by atoms with Gasteiger partial charge < -0.3 is 0 Å². The van der Waals surface area contributed by atoms with Crippen molar-refractivity contribution < 1.29 is 0 Å². The number of rotatable bonds is 4. The molecule has 4 heteroatoms. The van der Waals surface area contributed by atoms with Gasteiger partial charge in [0.1, 0.15) is 0 Å². The molecule has 0 radical (unpaired) electrons. The van der Waals surface area contributed by atoms with E-state index in [-0.39, 0.29) is 5.41 Å². The predicted molar refractivity (Wildman–Crippen MR) is 84.4 cm³/mol. The molecule has 1 saturated carbocycles. The number of halogens is 1. The predicted octanol–water partition coefficient (Wildman–Crippen LogP) is 4.49. The van der Waals surface area contributed by atoms with Crippen LogP contribution in [0, 0.1) is 22.7 Å². The molecule has 0 N–H and O–H groups in total. The van der Waals surface area contributed by atoms with E-state index in [2.05, 4.69) is 52.6 Å². The highest BCUT2D eigenvalue weighted by molar-refractivity contribution is 9.10. The van der Waals surface area contributed by atoms with E-state index < -0.39 is 0 Å². The van der Waals surface area contributed by atoms with Crippen molar-refractivity contribution in [3.05, 3.63) is 15.9 Å². The number of nitriles is 1. The molecule has 3 nitrogen and oxygen atoms in total. The highest BCUT2D eigenvalue weighted by Crippen LogP contribution is 2.42. The van der Waals surface area contributed by atoms with Crippen LogP contribution in [0.15, 0.2) is 4.47 Å². The van der Waals surface area contributed by atoms with Crippen LogP contribution in [0.3, 0.4) is 0 Å². The average Bonchev–Trinajstić information content (AvgIpc) is 2.75. The maximum absolute atomic E-state index is 9.74. The van der Waals surface area contributed by atoms with Crippen LogP contribution in [0.25, 0.3) is 0 Å². The van der Waals surface area contributed by atoms with Gasteiger partial charge in [-0.15, -0.1) is 0 Å². The molecule has 1 fully saturated rings. The summed E-state index contributed by atoms with van der Waals surface area (Å²) in [6.45, 7) is 7.38. The molecule has 2 unspecified atom stereocenters. The van der Waals surface area contributed by atoms with Crippen molar-refractivity contribution >= 4 is 15.9 Å². The van der Waals surface area contributed by atoms with Crippen molar-refractivity contribution in [2.75, 3.05) is 0 Å². The summed E-state index contributed by atoms with van der Waals surface area (Å²) < 4.78 is 3.19. The van der Waals surface area contributed by atoms with Gasteiger partial charge in [0.15, 0.2) is 0 Å². The van der Waals surface area contributed by atoms with Crippen molar-refractivity contribution in [1.82, 2.24) is 9.78 Å². The molecule has 0 aromatic carbocycles. The summed E-state index contributed by atoms with van der Waals surface area (Å²) >= 11 is 3.71. The van der Waals surface area contributed by atoms with Crippen molar-refractivity contribution in [1.29, 1.82) is 5.26 Å². The van der Waals surface area contributed by atoms with E-state index in [1.807, 2.05) is 0 Å². The van der Waals surface area contributed by atoms with E-state index in [1.165, 1.54) is 18.5 Å². The van der Waals surface area contributed by atoms with Gasteiger partial charge in [0, 0.05) is 13.0 Å². The zero-order valence-electron chi connectivity index (χ0n) is 12.7. The smallest absolute Gasteiger partial charge is 0.0766 e. The van der Waals surface area contributed by atoms with Crippen LogP contribution < -0.4 is 0 Å². The highest BCUT2D eigenvalue weighted by Gasteiger charge is 2.37. The molecule has 0 saturated heterocycles. The summed E-state index contributed by atoms with van der Waals surface area (Å²) in [4.78, 5) is 0. The Kier molecular flexibility index (Phi) is 4.90. The first kappa shape index (κ1) is 15.6. The number of hydrogen-bond acceptors (Lipinski definition) is 2. The summed E-state index contributed by atoms with van der Waals surface area (Å²) in [6.07, 6.45) is 6.24. The lowest BCUT2D eigenvalue weighted by Gasteiger charge is -2.34. The number of hydrogen-bond donors (Lipinski definition) is 0. The molecule has 110 valence electrons. The molecule has 0 spiro atoms. The largest absolute Gasteiger partial charge is 0.268 e. The van der Waals surface area contributed by atoms with Gasteiger partial charge >= 0.3 is 0 Å². The van der Waals surface area contributed by atoms with Gasteiger partial charge in [0.25, 0.3) is 0 Å². The third-order valence-electron chi connectivity index (χ3n) is 4.53. The summed E-state index contributed by atoms with van der Waals surface area (Å²) in [5.74, 6) is 0.658. The lowest BCUT2D eigenvalue weighted by atomic mass is 9.68. The molecule has 2 atom stereocenters. The summed E-state index contributed by atoms with van der Waals surface area (Å²) in [5.41, 5.74) is 2.12. The van der Waals surface area contributed by atoms with Crippen LogP contribution in [0.1, 0.15) is 57.8 Å². The second-order valence-corrected chi connectivity index (χ2v) is 6.94. The zero-order valence-corrected chi connectivity index (χ0v) is 14.3. The Labute approximate surface area is 130 Å². The van der Waals surface area contributed by atoms with E-state index in [0.29, 0.717) is 5.92 Å². The monoisotopic (exact) mass is 337 g/mol. The topological polar surface area (TPSA) is 41.6 Å². The molecule has 0 aliphatic heterocycles. The molecular weight excluding hydrogens is 314 g/mol. The molecular formula is C16H24BrN3. The molecule has 2 rings (SSSR count). The zero-order chi connectivity index (χ0) is 14.8. The van der Waals surface area contributed by atoms with E-state index >= 15 is 0 Å². The van der Waals surface area contributed by atoms with Crippen molar-refractivity contribution in [3.8, 4) is 6.07 Å². The number of nitrogens with zero attached hydrogens (tertiary/aromatic N) is 3. The van der Waals surface area contributed by atoms with Gasteiger partial charge in [-0.2, -0.15) is 10.4 Å². The van der Waals surface area contributed by atoms with E-state index in [1.54, 1.807) is 0 Å².